The van der Waals surface area contributed by atoms with Gasteiger partial charge in [-0.05, 0) is 51.9 Å². The minimum atomic E-state index is -0.846. The van der Waals surface area contributed by atoms with Crippen molar-refractivity contribution >= 4 is 30.0 Å². The molecule has 0 fully saturated rings. The van der Waals surface area contributed by atoms with E-state index in [1.54, 1.807) is 0 Å². The molecule has 0 aromatic rings. The van der Waals surface area contributed by atoms with E-state index in [9.17, 15) is 19.2 Å². The molecule has 0 rings (SSSR count). The lowest BCUT2D eigenvalue weighted by molar-refractivity contribution is -0.127. The van der Waals surface area contributed by atoms with Gasteiger partial charge < -0.3 is 55.4 Å². The van der Waals surface area contributed by atoms with E-state index in [1.165, 1.54) is 12.8 Å². The van der Waals surface area contributed by atoms with Gasteiger partial charge in [0.25, 0.3) is 0 Å². The molecule has 0 aliphatic heterocycles. The second-order valence-electron chi connectivity index (χ2n) is 13.3. The molecule has 0 bridgehead atoms. The lowest BCUT2D eigenvalue weighted by Gasteiger charge is -2.35. The fraction of sp³-hybridized carbons (Fsp3) is 0.795. The zero-order valence-electron chi connectivity index (χ0n) is 37.5. The van der Waals surface area contributed by atoms with Gasteiger partial charge in [-0.3, -0.25) is 24.0 Å². The van der Waals surface area contributed by atoms with E-state index in [4.69, 9.17) is 46.1 Å². The smallest absolute Gasteiger partial charge is 0.220 e. The highest BCUT2D eigenvalue weighted by molar-refractivity contribution is 5.80. The average Bonchev–Trinajstić information content (AvgIpc) is 3.24. The summed E-state index contributed by atoms with van der Waals surface area (Å²) in [7, 11) is 0. The summed E-state index contributed by atoms with van der Waals surface area (Å²) in [6.07, 6.45) is 19.8. The van der Waals surface area contributed by atoms with Crippen LogP contribution in [0.4, 0.5) is 0 Å². The van der Waals surface area contributed by atoms with Gasteiger partial charge >= 0.3 is 0 Å². The summed E-state index contributed by atoms with van der Waals surface area (Å²) < 4.78 is 32.4. The van der Waals surface area contributed by atoms with Crippen molar-refractivity contribution in [2.45, 2.75) is 130 Å². The number of primary amides is 1. The summed E-state index contributed by atoms with van der Waals surface area (Å²) in [4.78, 5) is 60.4. The van der Waals surface area contributed by atoms with E-state index >= 15 is 0 Å². The molecule has 348 valence electrons. The first kappa shape index (κ1) is 60.5. The fourth-order valence-electron chi connectivity index (χ4n) is 5.52. The molecule has 1 atom stereocenters. The third-order valence-corrected chi connectivity index (χ3v) is 8.50. The minimum Gasteiger partial charge on any atom is -0.379 e. The normalized spacial score (nSPS) is 11.2. The summed E-state index contributed by atoms with van der Waals surface area (Å²) in [6.45, 7) is 14.0. The zero-order chi connectivity index (χ0) is 45.2. The van der Waals surface area contributed by atoms with E-state index < -0.39 is 5.54 Å². The van der Waals surface area contributed by atoms with Crippen LogP contribution in [0.2, 0.25) is 0 Å². The number of nitrogens with two attached hydrogens (primary N) is 1. The molecule has 0 heterocycles. The molecule has 0 aromatic heterocycles. The van der Waals surface area contributed by atoms with Gasteiger partial charge in [0.1, 0.15) is 13.2 Å². The lowest BCUT2D eigenvalue weighted by Crippen LogP contribution is -2.50. The number of amides is 5. The van der Waals surface area contributed by atoms with Gasteiger partial charge in [0, 0.05) is 64.1 Å². The fourth-order valence-corrected chi connectivity index (χ4v) is 5.52. The predicted octanol–water partition coefficient (Wildman–Crippen LogP) is 3.58. The van der Waals surface area contributed by atoms with Crippen LogP contribution in [0.5, 0.6) is 0 Å². The molecule has 0 saturated heterocycles. The lowest BCUT2D eigenvalue weighted by atomic mass is 9.82. The van der Waals surface area contributed by atoms with Crippen LogP contribution >= 0.6 is 0 Å². The van der Waals surface area contributed by atoms with Crippen molar-refractivity contribution in [3.8, 4) is 24.7 Å². The van der Waals surface area contributed by atoms with Crippen molar-refractivity contribution in [2.24, 2.45) is 5.73 Å². The number of nitrogens with one attached hydrogen (secondary N) is 4. The number of hydrogen-bond acceptors (Lipinski definition) is 11. The van der Waals surface area contributed by atoms with Crippen LogP contribution in [0, 0.1) is 24.7 Å². The van der Waals surface area contributed by atoms with Crippen LogP contribution in [-0.4, -0.2) is 134 Å². The molecule has 6 N–H and O–H groups in total. The number of hydrogen-bond donors (Lipinski definition) is 5. The van der Waals surface area contributed by atoms with Gasteiger partial charge in [-0.1, -0.05) is 58.3 Å². The second kappa shape index (κ2) is 49.6. The average molecular weight is 856 g/mol. The third-order valence-electron chi connectivity index (χ3n) is 8.50. The van der Waals surface area contributed by atoms with Crippen LogP contribution in [0.3, 0.4) is 0 Å². The quantitative estimate of drug-likeness (QED) is 0.0341. The number of ether oxygens (including phenoxy) is 6. The first-order chi connectivity index (χ1) is 29.2. The summed E-state index contributed by atoms with van der Waals surface area (Å²) in [5.41, 5.74) is 3.32. The summed E-state index contributed by atoms with van der Waals surface area (Å²) in [5.74, 6) is 4.14. The van der Waals surface area contributed by atoms with Crippen molar-refractivity contribution in [2.75, 3.05) is 98.9 Å². The Morgan fingerprint density at radius 2 is 0.983 bits per heavy atom. The van der Waals surface area contributed by atoms with Gasteiger partial charge in [0.05, 0.1) is 52.9 Å². The van der Waals surface area contributed by atoms with Crippen molar-refractivity contribution < 1.29 is 52.4 Å². The molecule has 5 amide bonds. The Morgan fingerprint density at radius 3 is 1.50 bits per heavy atom. The molecule has 0 aliphatic carbocycles. The first-order valence-corrected chi connectivity index (χ1v) is 21.8. The topological polar surface area (TPSA) is 215 Å². The maximum atomic E-state index is 13.4. The first-order valence-electron chi connectivity index (χ1n) is 21.8. The molecular formula is C44H81N5O11. The van der Waals surface area contributed by atoms with E-state index in [0.717, 1.165) is 19.3 Å². The Bertz CT molecular complexity index is 1120. The molecule has 1 unspecified atom stereocenters. The Kier molecular flexibility index (Phi) is 50.0. The number of rotatable bonds is 40. The highest BCUT2D eigenvalue weighted by atomic mass is 16.5. The summed E-state index contributed by atoms with van der Waals surface area (Å²) in [6, 6.07) is 0. The van der Waals surface area contributed by atoms with Crippen molar-refractivity contribution in [3.05, 3.63) is 0 Å². The van der Waals surface area contributed by atoms with Crippen LogP contribution < -0.4 is 27.0 Å². The van der Waals surface area contributed by atoms with Crippen LogP contribution in [0.1, 0.15) is 124 Å². The number of unbranched alkanes of at least 4 members (excludes halogenated alkanes) is 5. The molecule has 60 heavy (non-hydrogen) atoms. The summed E-state index contributed by atoms with van der Waals surface area (Å²) in [5, 5.41) is 11.9. The van der Waals surface area contributed by atoms with Gasteiger partial charge in [0.15, 0.2) is 0 Å². The minimum absolute atomic E-state index is 0.0708. The SMILES string of the molecule is C#CCOCCOCCCCC(CCC(=O)NCCOCCOCC)(CCC(=O)NCCOCCOCC#C)NC(=O)CCCC(=O)NCCCCCCC.CC.NC=O. The van der Waals surface area contributed by atoms with Gasteiger partial charge in [-0.15, -0.1) is 12.8 Å². The Balaban J connectivity index is -0.00000619. The number of terminal acetylenes is 2. The van der Waals surface area contributed by atoms with Gasteiger partial charge in [-0.2, -0.15) is 0 Å². The summed E-state index contributed by atoms with van der Waals surface area (Å²) >= 11 is 0. The predicted molar refractivity (Wildman–Crippen MR) is 235 cm³/mol. The number of carbonyl (C=O) groups excluding carboxylic acids is 5. The van der Waals surface area contributed by atoms with Crippen molar-refractivity contribution in [3.63, 3.8) is 0 Å². The van der Waals surface area contributed by atoms with Crippen LogP contribution in [-0.2, 0) is 52.4 Å². The van der Waals surface area contributed by atoms with E-state index in [0.29, 0.717) is 124 Å². The molecule has 0 radical (unpaired) electrons. The molecule has 16 heteroatoms. The van der Waals surface area contributed by atoms with Crippen molar-refractivity contribution in [1.29, 1.82) is 0 Å². The molecular weight excluding hydrogens is 775 g/mol. The third kappa shape index (κ3) is 45.3. The highest BCUT2D eigenvalue weighted by Crippen LogP contribution is 2.27. The Labute approximate surface area is 361 Å². The molecule has 0 aromatic carbocycles. The molecule has 0 spiro atoms. The standard InChI is InChI=1S/C41H72N4O10.C2H6.CH3NO/c1-5-9-10-11-13-23-42-37(46)16-15-17-40(49)45-41(20-12-14-28-53-35-33-51-26-6-2,21-18-38(47)43-24-29-54-32-31-50-8-4)22-19-39(48)44-25-30-55-36-34-52-27-7-3;1-2;2-1-3/h2-3H,5,8-36H2,1,4H3,(H,42,46)(H,43,47)(H,44,48)(H,45,49);1-2H3;1H,(H2,2,3). The number of carbonyl (C=O) groups is 5. The van der Waals surface area contributed by atoms with E-state index in [1.807, 2.05) is 20.8 Å². The Hall–Kier alpha value is -3.77. The zero-order valence-corrected chi connectivity index (χ0v) is 37.5. The van der Waals surface area contributed by atoms with Gasteiger partial charge in [0.2, 0.25) is 30.0 Å². The second-order valence-corrected chi connectivity index (χ2v) is 13.3. The highest BCUT2D eigenvalue weighted by Gasteiger charge is 2.32. The molecule has 0 aliphatic rings. The van der Waals surface area contributed by atoms with E-state index in [-0.39, 0.29) is 68.9 Å². The van der Waals surface area contributed by atoms with Crippen molar-refractivity contribution in [1.82, 2.24) is 21.3 Å². The maximum Gasteiger partial charge on any atom is 0.220 e. The Morgan fingerprint density at radius 1 is 0.533 bits per heavy atom. The van der Waals surface area contributed by atoms with Crippen LogP contribution in [0.15, 0.2) is 0 Å². The van der Waals surface area contributed by atoms with E-state index in [2.05, 4.69) is 45.8 Å². The monoisotopic (exact) mass is 856 g/mol. The van der Waals surface area contributed by atoms with Gasteiger partial charge in [-0.25, -0.2) is 0 Å². The maximum absolute atomic E-state index is 13.4. The molecule has 16 nitrogen and oxygen atoms in total. The largest absolute Gasteiger partial charge is 0.379 e. The van der Waals surface area contributed by atoms with Crippen LogP contribution in [0.25, 0.3) is 0 Å². The molecule has 0 saturated carbocycles.